The predicted octanol–water partition coefficient (Wildman–Crippen LogP) is 4.19. The first-order valence-corrected chi connectivity index (χ1v) is 6.72. The van der Waals surface area contributed by atoms with Gasteiger partial charge in [-0.25, -0.2) is 0 Å². The maximum absolute atomic E-state index is 9.69. The monoisotopic (exact) mass is 271 g/mol. The molecule has 0 radical (unpaired) electrons. The third kappa shape index (κ3) is 3.05. The SMILES string of the molecule is COc1ccc(C(C)Nc2cc(C)c(O)cc2C)cc1. The van der Waals surface area contributed by atoms with Crippen molar-refractivity contribution in [2.24, 2.45) is 0 Å². The topological polar surface area (TPSA) is 41.5 Å². The van der Waals surface area contributed by atoms with E-state index >= 15 is 0 Å². The van der Waals surface area contributed by atoms with Crippen LogP contribution in [-0.4, -0.2) is 12.2 Å². The smallest absolute Gasteiger partial charge is 0.118 e. The molecule has 0 fully saturated rings. The van der Waals surface area contributed by atoms with Gasteiger partial charge in [0, 0.05) is 11.7 Å². The Balaban J connectivity index is 2.18. The van der Waals surface area contributed by atoms with Gasteiger partial charge < -0.3 is 15.2 Å². The van der Waals surface area contributed by atoms with E-state index in [-0.39, 0.29) is 6.04 Å². The molecular formula is C17H21NO2. The van der Waals surface area contributed by atoms with Crippen LogP contribution in [0.3, 0.4) is 0 Å². The molecule has 0 saturated carbocycles. The molecule has 1 unspecified atom stereocenters. The van der Waals surface area contributed by atoms with Gasteiger partial charge in [-0.05, 0) is 61.7 Å². The fourth-order valence-corrected chi connectivity index (χ4v) is 2.17. The maximum Gasteiger partial charge on any atom is 0.118 e. The second-order valence-corrected chi connectivity index (χ2v) is 5.09. The van der Waals surface area contributed by atoms with Crippen molar-refractivity contribution in [1.29, 1.82) is 0 Å². The predicted molar refractivity (Wildman–Crippen MR) is 82.6 cm³/mol. The van der Waals surface area contributed by atoms with Gasteiger partial charge in [-0.1, -0.05) is 12.1 Å². The first kappa shape index (κ1) is 14.3. The minimum Gasteiger partial charge on any atom is -0.508 e. The largest absolute Gasteiger partial charge is 0.508 e. The first-order valence-electron chi connectivity index (χ1n) is 6.72. The van der Waals surface area contributed by atoms with Crippen LogP contribution < -0.4 is 10.1 Å². The van der Waals surface area contributed by atoms with Crippen molar-refractivity contribution >= 4 is 5.69 Å². The van der Waals surface area contributed by atoms with Crippen molar-refractivity contribution in [2.45, 2.75) is 26.8 Å². The zero-order chi connectivity index (χ0) is 14.7. The Morgan fingerprint density at radius 1 is 1.05 bits per heavy atom. The normalized spacial score (nSPS) is 12.0. The molecule has 0 aromatic heterocycles. The third-order valence-corrected chi connectivity index (χ3v) is 3.53. The summed E-state index contributed by atoms with van der Waals surface area (Å²) in [6.45, 7) is 6.00. The Hall–Kier alpha value is -2.16. The highest BCUT2D eigenvalue weighted by Crippen LogP contribution is 2.28. The molecule has 2 aromatic rings. The minimum atomic E-state index is 0.184. The average molecular weight is 271 g/mol. The fourth-order valence-electron chi connectivity index (χ4n) is 2.17. The summed E-state index contributed by atoms with van der Waals surface area (Å²) in [4.78, 5) is 0. The molecule has 3 heteroatoms. The van der Waals surface area contributed by atoms with Crippen molar-refractivity contribution in [3.63, 3.8) is 0 Å². The summed E-state index contributed by atoms with van der Waals surface area (Å²) < 4.78 is 5.17. The zero-order valence-electron chi connectivity index (χ0n) is 12.4. The van der Waals surface area contributed by atoms with Crippen LogP contribution in [0.4, 0.5) is 5.69 Å². The van der Waals surface area contributed by atoms with Crippen LogP contribution in [0.5, 0.6) is 11.5 Å². The van der Waals surface area contributed by atoms with E-state index in [0.29, 0.717) is 5.75 Å². The molecule has 0 aliphatic carbocycles. The van der Waals surface area contributed by atoms with Crippen LogP contribution in [0, 0.1) is 13.8 Å². The van der Waals surface area contributed by atoms with Crippen molar-refractivity contribution in [3.8, 4) is 11.5 Å². The summed E-state index contributed by atoms with van der Waals surface area (Å²) in [7, 11) is 1.67. The Bertz CT molecular complexity index is 591. The van der Waals surface area contributed by atoms with Gasteiger partial charge in [-0.2, -0.15) is 0 Å². The van der Waals surface area contributed by atoms with Gasteiger partial charge in [0.15, 0.2) is 0 Å². The van der Waals surface area contributed by atoms with E-state index in [4.69, 9.17) is 4.74 Å². The van der Waals surface area contributed by atoms with E-state index < -0.39 is 0 Å². The van der Waals surface area contributed by atoms with Gasteiger partial charge in [0.1, 0.15) is 11.5 Å². The average Bonchev–Trinajstić information content (AvgIpc) is 2.44. The molecule has 0 heterocycles. The number of ether oxygens (including phenoxy) is 1. The van der Waals surface area contributed by atoms with Gasteiger partial charge in [0.25, 0.3) is 0 Å². The second-order valence-electron chi connectivity index (χ2n) is 5.09. The van der Waals surface area contributed by atoms with Crippen LogP contribution in [0.2, 0.25) is 0 Å². The third-order valence-electron chi connectivity index (χ3n) is 3.53. The Labute approximate surface area is 120 Å². The lowest BCUT2D eigenvalue weighted by Crippen LogP contribution is -2.07. The van der Waals surface area contributed by atoms with E-state index in [1.807, 2.05) is 32.0 Å². The molecule has 0 amide bonds. The molecule has 1 atom stereocenters. The molecule has 2 N–H and O–H groups in total. The Kier molecular flexibility index (Phi) is 4.18. The van der Waals surface area contributed by atoms with E-state index in [1.165, 1.54) is 5.56 Å². The number of aryl methyl sites for hydroxylation is 2. The van der Waals surface area contributed by atoms with Crippen molar-refractivity contribution in [1.82, 2.24) is 0 Å². The summed E-state index contributed by atoms with van der Waals surface area (Å²) in [5.74, 6) is 1.20. The molecule has 0 aliphatic heterocycles. The molecule has 3 nitrogen and oxygen atoms in total. The standard InChI is InChI=1S/C17H21NO2/c1-11-10-17(19)12(2)9-16(11)18-13(3)14-5-7-15(20-4)8-6-14/h5-10,13,18-19H,1-4H3. The molecule has 2 rings (SSSR count). The molecule has 106 valence electrons. The summed E-state index contributed by atoms with van der Waals surface area (Å²) >= 11 is 0. The summed E-state index contributed by atoms with van der Waals surface area (Å²) in [6.07, 6.45) is 0. The lowest BCUT2D eigenvalue weighted by molar-refractivity contribution is 0.414. The Morgan fingerprint density at radius 2 is 1.70 bits per heavy atom. The van der Waals surface area contributed by atoms with E-state index in [9.17, 15) is 5.11 Å². The number of anilines is 1. The molecule has 0 spiro atoms. The number of hydrogen-bond donors (Lipinski definition) is 2. The van der Waals surface area contributed by atoms with E-state index in [0.717, 1.165) is 22.6 Å². The molecule has 0 aliphatic rings. The molecule has 20 heavy (non-hydrogen) atoms. The molecule has 2 aromatic carbocycles. The van der Waals surface area contributed by atoms with E-state index in [2.05, 4.69) is 24.4 Å². The summed E-state index contributed by atoms with van der Waals surface area (Å²) in [6, 6.07) is 12.0. The van der Waals surface area contributed by atoms with Gasteiger partial charge >= 0.3 is 0 Å². The number of methoxy groups -OCH3 is 1. The van der Waals surface area contributed by atoms with Crippen LogP contribution in [0.25, 0.3) is 0 Å². The number of nitrogens with one attached hydrogen (secondary N) is 1. The molecule has 0 bridgehead atoms. The quantitative estimate of drug-likeness (QED) is 0.819. The number of hydrogen-bond acceptors (Lipinski definition) is 3. The highest BCUT2D eigenvalue weighted by atomic mass is 16.5. The summed E-state index contributed by atoms with van der Waals surface area (Å²) in [5.41, 5.74) is 4.15. The van der Waals surface area contributed by atoms with Crippen LogP contribution in [-0.2, 0) is 0 Å². The van der Waals surface area contributed by atoms with Crippen molar-refractivity contribution < 1.29 is 9.84 Å². The maximum atomic E-state index is 9.69. The zero-order valence-corrected chi connectivity index (χ0v) is 12.4. The van der Waals surface area contributed by atoms with Crippen LogP contribution in [0.15, 0.2) is 36.4 Å². The fraction of sp³-hybridized carbons (Fsp3) is 0.294. The lowest BCUT2D eigenvalue weighted by atomic mass is 10.1. The van der Waals surface area contributed by atoms with Crippen molar-refractivity contribution in [3.05, 3.63) is 53.1 Å². The van der Waals surface area contributed by atoms with Crippen molar-refractivity contribution in [2.75, 3.05) is 12.4 Å². The summed E-state index contributed by atoms with van der Waals surface area (Å²) in [5, 5.41) is 13.2. The number of phenols is 1. The second kappa shape index (κ2) is 5.87. The Morgan fingerprint density at radius 3 is 2.30 bits per heavy atom. The minimum absolute atomic E-state index is 0.184. The van der Waals surface area contributed by atoms with Crippen LogP contribution in [0.1, 0.15) is 29.7 Å². The van der Waals surface area contributed by atoms with E-state index in [1.54, 1.807) is 13.2 Å². The number of rotatable bonds is 4. The van der Waals surface area contributed by atoms with Gasteiger partial charge in [-0.3, -0.25) is 0 Å². The molecule has 0 saturated heterocycles. The van der Waals surface area contributed by atoms with Gasteiger partial charge in [-0.15, -0.1) is 0 Å². The van der Waals surface area contributed by atoms with Gasteiger partial charge in [0.05, 0.1) is 7.11 Å². The van der Waals surface area contributed by atoms with Crippen LogP contribution >= 0.6 is 0 Å². The lowest BCUT2D eigenvalue weighted by Gasteiger charge is -2.18. The van der Waals surface area contributed by atoms with Gasteiger partial charge in [0.2, 0.25) is 0 Å². The number of benzene rings is 2. The number of phenolic OH excluding ortho intramolecular Hbond substituents is 1. The molecular weight excluding hydrogens is 250 g/mol. The first-order chi connectivity index (χ1) is 9.51. The highest BCUT2D eigenvalue weighted by Gasteiger charge is 2.09. The highest BCUT2D eigenvalue weighted by molar-refractivity contribution is 5.57. The number of aromatic hydroxyl groups is 1.